The summed E-state index contributed by atoms with van der Waals surface area (Å²) < 4.78 is 6.09. The Morgan fingerprint density at radius 1 is 1.12 bits per heavy atom. The molecule has 7 heteroatoms. The van der Waals surface area contributed by atoms with Crippen LogP contribution >= 0.6 is 0 Å². The van der Waals surface area contributed by atoms with Crippen molar-refractivity contribution in [3.8, 4) is 5.75 Å². The van der Waals surface area contributed by atoms with Crippen molar-refractivity contribution in [3.05, 3.63) is 29.8 Å². The second kappa shape index (κ2) is 11.5. The van der Waals surface area contributed by atoms with Gasteiger partial charge < -0.3 is 20.3 Å². The Kier molecular flexibility index (Phi) is 8.79. The number of ether oxygens (including phenoxy) is 1. The van der Waals surface area contributed by atoms with Crippen LogP contribution in [-0.2, 0) is 11.3 Å². The van der Waals surface area contributed by atoms with Gasteiger partial charge in [-0.05, 0) is 46.6 Å². The van der Waals surface area contributed by atoms with Crippen molar-refractivity contribution in [1.29, 1.82) is 0 Å². The van der Waals surface area contributed by atoms with Gasteiger partial charge in [0.2, 0.25) is 5.91 Å². The smallest absolute Gasteiger partial charge is 0.225 e. The van der Waals surface area contributed by atoms with Gasteiger partial charge in [-0.3, -0.25) is 9.69 Å². The number of para-hydroxylation sites is 1. The van der Waals surface area contributed by atoms with Gasteiger partial charge in [-0.15, -0.1) is 0 Å². The summed E-state index contributed by atoms with van der Waals surface area (Å²) in [5.41, 5.74) is 0.835. The second-order valence-corrected chi connectivity index (χ2v) is 9.74. The predicted octanol–water partition coefficient (Wildman–Crippen LogP) is 2.86. The Balaban J connectivity index is 1.45. The zero-order valence-corrected chi connectivity index (χ0v) is 20.3. The lowest BCUT2D eigenvalue weighted by molar-refractivity contribution is -0.139. The lowest BCUT2D eigenvalue weighted by Gasteiger charge is -2.38. The topological polar surface area (TPSA) is 69.2 Å². The minimum Gasteiger partial charge on any atom is -0.488 e. The lowest BCUT2D eigenvalue weighted by atomic mass is 9.84. The van der Waals surface area contributed by atoms with Crippen molar-refractivity contribution in [1.82, 2.24) is 20.4 Å². The van der Waals surface area contributed by atoms with E-state index in [0.29, 0.717) is 18.4 Å². The molecule has 0 radical (unpaired) electrons. The highest BCUT2D eigenvalue weighted by Crippen LogP contribution is 2.28. The van der Waals surface area contributed by atoms with Gasteiger partial charge in [0, 0.05) is 57.3 Å². The molecule has 2 N–H and O–H groups in total. The first-order valence-electron chi connectivity index (χ1n) is 12.2. The van der Waals surface area contributed by atoms with Crippen molar-refractivity contribution in [2.24, 2.45) is 10.9 Å². The molecule has 2 aliphatic rings. The quantitative estimate of drug-likeness (QED) is 0.478. The lowest BCUT2D eigenvalue weighted by Crippen LogP contribution is -2.52. The molecule has 1 amide bonds. The number of aliphatic imine (C=N–C) groups is 1. The summed E-state index contributed by atoms with van der Waals surface area (Å²) in [7, 11) is 0. The Hall–Kier alpha value is -2.28. The molecule has 32 heavy (non-hydrogen) atoms. The van der Waals surface area contributed by atoms with Crippen molar-refractivity contribution in [3.63, 3.8) is 0 Å². The predicted molar refractivity (Wildman–Crippen MR) is 130 cm³/mol. The molecule has 0 atom stereocenters. The van der Waals surface area contributed by atoms with Crippen LogP contribution in [0.1, 0.15) is 52.5 Å². The maximum atomic E-state index is 12.4. The molecule has 1 aromatic carbocycles. The number of hydrogen-bond acceptors (Lipinski definition) is 4. The molecule has 1 aliphatic carbocycles. The van der Waals surface area contributed by atoms with Crippen molar-refractivity contribution >= 4 is 11.9 Å². The SMILES string of the molecule is CCNC(=NCc1ccccc1OC(C)(C)C)NCCN1CCN(C(=O)C2CCC2)CC1. The molecule has 0 aromatic heterocycles. The fourth-order valence-electron chi connectivity index (χ4n) is 4.01. The monoisotopic (exact) mass is 443 g/mol. The maximum Gasteiger partial charge on any atom is 0.225 e. The minimum atomic E-state index is -0.241. The molecule has 178 valence electrons. The van der Waals surface area contributed by atoms with E-state index in [1.54, 1.807) is 0 Å². The van der Waals surface area contributed by atoms with E-state index in [9.17, 15) is 4.79 Å². The van der Waals surface area contributed by atoms with Crippen molar-refractivity contribution in [2.45, 2.75) is 59.1 Å². The van der Waals surface area contributed by atoms with Gasteiger partial charge in [0.05, 0.1) is 6.54 Å². The summed E-state index contributed by atoms with van der Waals surface area (Å²) in [6, 6.07) is 8.09. The number of benzene rings is 1. The number of hydrogen-bond donors (Lipinski definition) is 2. The number of carbonyl (C=O) groups is 1. The third-order valence-corrected chi connectivity index (χ3v) is 6.00. The Labute approximate surface area is 193 Å². The van der Waals surface area contributed by atoms with E-state index in [2.05, 4.69) is 54.2 Å². The number of carbonyl (C=O) groups excluding carboxylic acids is 1. The van der Waals surface area contributed by atoms with E-state index in [-0.39, 0.29) is 5.60 Å². The van der Waals surface area contributed by atoms with E-state index in [0.717, 1.165) is 75.9 Å². The molecule has 0 spiro atoms. The van der Waals surface area contributed by atoms with Crippen molar-refractivity contribution in [2.75, 3.05) is 45.8 Å². The molecule has 1 saturated heterocycles. The average molecular weight is 444 g/mol. The number of nitrogens with one attached hydrogen (secondary N) is 2. The first-order valence-corrected chi connectivity index (χ1v) is 12.2. The van der Waals surface area contributed by atoms with Crippen LogP contribution in [0.3, 0.4) is 0 Å². The third-order valence-electron chi connectivity index (χ3n) is 6.00. The third kappa shape index (κ3) is 7.40. The molecular weight excluding hydrogens is 402 g/mol. The number of piperazine rings is 1. The number of rotatable bonds is 8. The second-order valence-electron chi connectivity index (χ2n) is 9.74. The zero-order valence-electron chi connectivity index (χ0n) is 20.3. The molecular formula is C25H41N5O2. The molecule has 1 heterocycles. The number of nitrogens with zero attached hydrogens (tertiary/aromatic N) is 3. The minimum absolute atomic E-state index is 0.241. The summed E-state index contributed by atoms with van der Waals surface area (Å²) in [6.45, 7) is 15.0. The molecule has 7 nitrogen and oxygen atoms in total. The van der Waals surface area contributed by atoms with Crippen molar-refractivity contribution < 1.29 is 9.53 Å². The van der Waals surface area contributed by atoms with Crippen LogP contribution in [0.2, 0.25) is 0 Å². The summed E-state index contributed by atoms with van der Waals surface area (Å²) >= 11 is 0. The van der Waals surface area contributed by atoms with Gasteiger partial charge in [-0.1, -0.05) is 24.6 Å². The van der Waals surface area contributed by atoms with E-state index in [4.69, 9.17) is 9.73 Å². The maximum absolute atomic E-state index is 12.4. The summed E-state index contributed by atoms with van der Waals surface area (Å²) in [6.07, 6.45) is 3.39. The fourth-order valence-corrected chi connectivity index (χ4v) is 4.01. The van der Waals surface area contributed by atoms with Gasteiger partial charge in [0.25, 0.3) is 0 Å². The van der Waals surface area contributed by atoms with Crippen LogP contribution < -0.4 is 15.4 Å². The molecule has 0 bridgehead atoms. The first-order chi connectivity index (χ1) is 15.4. The van der Waals surface area contributed by atoms with Gasteiger partial charge >= 0.3 is 0 Å². The van der Waals surface area contributed by atoms with Crippen LogP contribution in [0, 0.1) is 5.92 Å². The van der Waals surface area contributed by atoms with E-state index in [1.807, 2.05) is 18.2 Å². The summed E-state index contributed by atoms with van der Waals surface area (Å²) in [4.78, 5) is 21.7. The molecule has 1 saturated carbocycles. The van der Waals surface area contributed by atoms with Gasteiger partial charge in [-0.25, -0.2) is 4.99 Å². The van der Waals surface area contributed by atoms with Crippen LogP contribution in [0.15, 0.2) is 29.3 Å². The first kappa shape index (κ1) is 24.4. The van der Waals surface area contributed by atoms with E-state index < -0.39 is 0 Å². The molecule has 3 rings (SSSR count). The standard InChI is InChI=1S/C25H41N5O2/c1-5-26-24(28-19-21-9-6-7-12-22(21)32-25(2,3)4)27-13-14-29-15-17-30(18-16-29)23(31)20-10-8-11-20/h6-7,9,12,20H,5,8,10-11,13-19H2,1-4H3,(H2,26,27,28). The van der Waals surface area contributed by atoms with Gasteiger partial charge in [0.1, 0.15) is 11.4 Å². The molecule has 0 unspecified atom stereocenters. The van der Waals surface area contributed by atoms with Crippen LogP contribution in [0.5, 0.6) is 5.75 Å². The Morgan fingerprint density at radius 3 is 2.47 bits per heavy atom. The van der Waals surface area contributed by atoms with Crippen LogP contribution in [0.4, 0.5) is 0 Å². The Morgan fingerprint density at radius 2 is 1.84 bits per heavy atom. The van der Waals surface area contributed by atoms with E-state index in [1.165, 1.54) is 6.42 Å². The highest BCUT2D eigenvalue weighted by atomic mass is 16.5. The number of amides is 1. The Bertz CT molecular complexity index is 762. The largest absolute Gasteiger partial charge is 0.488 e. The highest BCUT2D eigenvalue weighted by molar-refractivity contribution is 5.80. The molecule has 1 aromatic rings. The zero-order chi connectivity index (χ0) is 23.0. The normalized spacial score (nSPS) is 18.2. The van der Waals surface area contributed by atoms with E-state index >= 15 is 0 Å². The molecule has 2 fully saturated rings. The van der Waals surface area contributed by atoms with Crippen LogP contribution in [0.25, 0.3) is 0 Å². The summed E-state index contributed by atoms with van der Waals surface area (Å²) in [5, 5.41) is 6.78. The molecule has 1 aliphatic heterocycles. The van der Waals surface area contributed by atoms with Gasteiger partial charge in [-0.2, -0.15) is 0 Å². The van der Waals surface area contributed by atoms with Gasteiger partial charge in [0.15, 0.2) is 5.96 Å². The fraction of sp³-hybridized carbons (Fsp3) is 0.680. The number of guanidine groups is 1. The highest BCUT2D eigenvalue weighted by Gasteiger charge is 2.31. The summed E-state index contributed by atoms with van der Waals surface area (Å²) in [5.74, 6) is 2.39. The van der Waals surface area contributed by atoms with Crippen LogP contribution in [-0.4, -0.2) is 73.1 Å². The average Bonchev–Trinajstić information content (AvgIpc) is 2.71.